The highest BCUT2D eigenvalue weighted by Gasteiger charge is 2.04. The van der Waals surface area contributed by atoms with Crippen LogP contribution in [0.2, 0.25) is 0 Å². The molecule has 0 saturated heterocycles. The minimum atomic E-state index is 0.713. The maximum Gasteiger partial charge on any atom is 0.208 e. The minimum absolute atomic E-state index is 0.713. The molecule has 0 amide bonds. The third-order valence-electron chi connectivity index (χ3n) is 1.25. The van der Waals surface area contributed by atoms with Gasteiger partial charge in [0.25, 0.3) is 0 Å². The van der Waals surface area contributed by atoms with E-state index in [1.54, 1.807) is 0 Å². The van der Waals surface area contributed by atoms with Gasteiger partial charge in [0.05, 0.1) is 0 Å². The molecule has 1 aliphatic heterocycles. The first kappa shape index (κ1) is 5.35. The molecule has 1 aromatic rings. The van der Waals surface area contributed by atoms with Gasteiger partial charge >= 0.3 is 0 Å². The minimum Gasteiger partial charge on any atom is -0.457 e. The van der Waals surface area contributed by atoms with Crippen molar-refractivity contribution in [1.29, 1.82) is 0 Å². The van der Waals surface area contributed by atoms with Crippen LogP contribution in [0, 0.1) is 6.26 Å². The lowest BCUT2D eigenvalue weighted by Gasteiger charge is -2.09. The summed E-state index contributed by atoms with van der Waals surface area (Å²) in [5.41, 5.74) is 0. The quantitative estimate of drug-likeness (QED) is 0.536. The van der Waals surface area contributed by atoms with E-state index in [2.05, 4.69) is 6.26 Å². The first-order valence-electron chi connectivity index (χ1n) is 2.96. The molecular weight excluding hydrogens is 128 g/mol. The Morgan fingerprint density at radius 3 is 2.70 bits per heavy atom. The van der Waals surface area contributed by atoms with E-state index in [0.29, 0.717) is 5.75 Å². The molecule has 10 heavy (non-hydrogen) atoms. The van der Waals surface area contributed by atoms with E-state index in [0.717, 1.165) is 5.75 Å². The van der Waals surface area contributed by atoms with E-state index in [-0.39, 0.29) is 0 Å². The van der Waals surface area contributed by atoms with Crippen molar-refractivity contribution >= 4 is 0 Å². The predicted octanol–water partition coefficient (Wildman–Crippen LogP) is 1.73. The molecule has 1 radical (unpaired) electrons. The number of rotatable bonds is 0. The van der Waals surface area contributed by atoms with Crippen molar-refractivity contribution in [2.45, 2.75) is 0 Å². The van der Waals surface area contributed by atoms with Gasteiger partial charge in [0.15, 0.2) is 11.5 Å². The van der Waals surface area contributed by atoms with Gasteiger partial charge in [-0.05, 0) is 12.1 Å². The van der Waals surface area contributed by atoms with Gasteiger partial charge < -0.3 is 9.47 Å². The van der Waals surface area contributed by atoms with Crippen LogP contribution < -0.4 is 9.47 Å². The van der Waals surface area contributed by atoms with E-state index in [4.69, 9.17) is 9.47 Å². The third-order valence-corrected chi connectivity index (χ3v) is 1.25. The molecule has 1 aromatic carbocycles. The summed E-state index contributed by atoms with van der Waals surface area (Å²) < 4.78 is 10.1. The fourth-order valence-corrected chi connectivity index (χ4v) is 0.807. The lowest BCUT2D eigenvalue weighted by molar-refractivity contribution is 0.343. The standard InChI is InChI=1S/C8H5O2/c1-2-4-8-7(3-1)9-5-6-10-8/h1-5H. The van der Waals surface area contributed by atoms with Gasteiger partial charge in [-0.15, -0.1) is 0 Å². The van der Waals surface area contributed by atoms with Crippen LogP contribution in [0.5, 0.6) is 11.5 Å². The topological polar surface area (TPSA) is 18.5 Å². The summed E-state index contributed by atoms with van der Waals surface area (Å²) in [5.74, 6) is 1.45. The monoisotopic (exact) mass is 133 g/mol. The van der Waals surface area contributed by atoms with E-state index in [9.17, 15) is 0 Å². The summed E-state index contributed by atoms with van der Waals surface area (Å²) in [5, 5.41) is 0. The number of ether oxygens (including phenoxy) is 2. The SMILES string of the molecule is [C]1=COc2ccccc2O1. The van der Waals surface area contributed by atoms with E-state index < -0.39 is 0 Å². The maximum atomic E-state index is 5.06. The van der Waals surface area contributed by atoms with Crippen LogP contribution in [0.3, 0.4) is 0 Å². The Morgan fingerprint density at radius 2 is 1.90 bits per heavy atom. The number of fused-ring (bicyclic) bond motifs is 1. The van der Waals surface area contributed by atoms with Gasteiger partial charge in [0.2, 0.25) is 6.26 Å². The largest absolute Gasteiger partial charge is 0.457 e. The van der Waals surface area contributed by atoms with Crippen molar-refractivity contribution in [1.82, 2.24) is 0 Å². The summed E-state index contributed by atoms with van der Waals surface area (Å²) in [6.07, 6.45) is 3.88. The summed E-state index contributed by atoms with van der Waals surface area (Å²) in [6.45, 7) is 0. The molecule has 0 bridgehead atoms. The van der Waals surface area contributed by atoms with Gasteiger partial charge in [-0.1, -0.05) is 12.1 Å². The average molecular weight is 133 g/mol. The lowest BCUT2D eigenvalue weighted by atomic mass is 10.3. The van der Waals surface area contributed by atoms with Crippen molar-refractivity contribution in [2.24, 2.45) is 0 Å². The number of para-hydroxylation sites is 2. The van der Waals surface area contributed by atoms with Crippen LogP contribution in [-0.4, -0.2) is 0 Å². The Labute approximate surface area is 58.7 Å². The third kappa shape index (κ3) is 0.739. The first-order valence-corrected chi connectivity index (χ1v) is 2.96. The Balaban J connectivity index is 2.47. The highest BCUT2D eigenvalue weighted by molar-refractivity contribution is 5.40. The summed E-state index contributed by atoms with van der Waals surface area (Å²) in [7, 11) is 0. The number of hydrogen-bond donors (Lipinski definition) is 0. The zero-order chi connectivity index (χ0) is 6.81. The summed E-state index contributed by atoms with van der Waals surface area (Å²) in [6, 6.07) is 7.44. The van der Waals surface area contributed by atoms with Gasteiger partial charge in [-0.3, -0.25) is 0 Å². The van der Waals surface area contributed by atoms with Gasteiger partial charge in [-0.2, -0.15) is 0 Å². The predicted molar refractivity (Wildman–Crippen MR) is 35.5 cm³/mol. The molecule has 0 saturated carbocycles. The van der Waals surface area contributed by atoms with E-state index in [1.807, 2.05) is 24.3 Å². The molecule has 2 heteroatoms. The molecule has 2 rings (SSSR count). The van der Waals surface area contributed by atoms with Crippen LogP contribution in [0.25, 0.3) is 0 Å². The van der Waals surface area contributed by atoms with Crippen LogP contribution in [-0.2, 0) is 0 Å². The van der Waals surface area contributed by atoms with E-state index in [1.165, 1.54) is 6.26 Å². The Bertz CT molecular complexity index is 239. The molecule has 0 aromatic heterocycles. The second kappa shape index (κ2) is 2.06. The zero-order valence-corrected chi connectivity index (χ0v) is 5.20. The fourth-order valence-electron chi connectivity index (χ4n) is 0.807. The molecule has 0 spiro atoms. The van der Waals surface area contributed by atoms with Crippen molar-refractivity contribution < 1.29 is 9.47 Å². The summed E-state index contributed by atoms with van der Waals surface area (Å²) >= 11 is 0. The van der Waals surface area contributed by atoms with Gasteiger partial charge in [0, 0.05) is 0 Å². The van der Waals surface area contributed by atoms with Crippen molar-refractivity contribution in [2.75, 3.05) is 0 Å². The van der Waals surface area contributed by atoms with Crippen LogP contribution in [0.1, 0.15) is 0 Å². The van der Waals surface area contributed by atoms with Crippen molar-refractivity contribution in [3.8, 4) is 11.5 Å². The Kier molecular flexibility index (Phi) is 1.10. The van der Waals surface area contributed by atoms with Crippen molar-refractivity contribution in [3.63, 3.8) is 0 Å². The lowest BCUT2D eigenvalue weighted by Crippen LogP contribution is -1.95. The Hall–Kier alpha value is -1.44. The molecule has 49 valence electrons. The Morgan fingerprint density at radius 1 is 1.10 bits per heavy atom. The maximum absolute atomic E-state index is 5.06. The average Bonchev–Trinajstić information content (AvgIpc) is 2.05. The fraction of sp³-hybridized carbons (Fsp3) is 0. The molecule has 1 aliphatic rings. The summed E-state index contributed by atoms with van der Waals surface area (Å²) in [4.78, 5) is 0. The highest BCUT2D eigenvalue weighted by atomic mass is 16.5. The number of benzene rings is 1. The highest BCUT2D eigenvalue weighted by Crippen LogP contribution is 2.28. The normalized spacial score (nSPS) is 13.2. The second-order valence-electron chi connectivity index (χ2n) is 1.90. The molecule has 0 aliphatic carbocycles. The van der Waals surface area contributed by atoms with Crippen molar-refractivity contribution in [3.05, 3.63) is 36.8 Å². The zero-order valence-electron chi connectivity index (χ0n) is 5.20. The smallest absolute Gasteiger partial charge is 0.208 e. The molecule has 1 heterocycles. The molecule has 2 nitrogen and oxygen atoms in total. The van der Waals surface area contributed by atoms with Gasteiger partial charge in [-0.25, -0.2) is 0 Å². The van der Waals surface area contributed by atoms with Crippen LogP contribution in [0.4, 0.5) is 0 Å². The first-order chi connectivity index (χ1) is 4.97. The molecule has 0 fully saturated rings. The van der Waals surface area contributed by atoms with Crippen LogP contribution >= 0.6 is 0 Å². The molecular formula is C8H5O2. The molecule has 0 N–H and O–H groups in total. The molecule has 0 atom stereocenters. The molecule has 0 unspecified atom stereocenters. The van der Waals surface area contributed by atoms with E-state index >= 15 is 0 Å². The van der Waals surface area contributed by atoms with Crippen LogP contribution in [0.15, 0.2) is 30.5 Å². The second-order valence-corrected chi connectivity index (χ2v) is 1.90. The number of hydrogen-bond acceptors (Lipinski definition) is 2. The van der Waals surface area contributed by atoms with Gasteiger partial charge in [0.1, 0.15) is 6.26 Å².